The van der Waals surface area contributed by atoms with Crippen molar-refractivity contribution in [2.24, 2.45) is 5.92 Å². The molecule has 2 atom stereocenters. The highest BCUT2D eigenvalue weighted by Gasteiger charge is 2.26. The van der Waals surface area contributed by atoms with Gasteiger partial charge in [0.25, 0.3) is 0 Å². The topological polar surface area (TPSA) is 84.5 Å². The van der Waals surface area contributed by atoms with Crippen molar-refractivity contribution in [3.63, 3.8) is 0 Å². The van der Waals surface area contributed by atoms with Crippen LogP contribution in [0.3, 0.4) is 0 Å². The smallest absolute Gasteiger partial charge is 0.330 e. The summed E-state index contributed by atoms with van der Waals surface area (Å²) in [6.07, 6.45) is 3.85. The van der Waals surface area contributed by atoms with E-state index in [0.717, 1.165) is 0 Å². The van der Waals surface area contributed by atoms with Gasteiger partial charge in [0.05, 0.1) is 6.61 Å². The van der Waals surface area contributed by atoms with Gasteiger partial charge < -0.3 is 15.4 Å². The number of rotatable bonds is 6. The Hall–Kier alpha value is -1.79. The van der Waals surface area contributed by atoms with E-state index in [1.165, 1.54) is 12.2 Å². The third kappa shape index (κ3) is 5.59. The largest absolute Gasteiger partial charge is 0.463 e. The summed E-state index contributed by atoms with van der Waals surface area (Å²) in [7, 11) is 5.07. The van der Waals surface area contributed by atoms with Crippen LogP contribution in [0.1, 0.15) is 19.8 Å². The average molecular weight is 264 g/mol. The molecule has 0 aromatic heterocycles. The van der Waals surface area contributed by atoms with Crippen LogP contribution >= 0.6 is 0 Å². The van der Waals surface area contributed by atoms with Gasteiger partial charge in [-0.25, -0.2) is 4.79 Å². The normalized spacial score (nSPS) is 20.1. The number of carbonyl (C=O) groups is 3. The lowest BCUT2D eigenvalue weighted by Gasteiger charge is -2.17. The lowest BCUT2D eigenvalue weighted by Crippen LogP contribution is -2.35. The first-order valence-corrected chi connectivity index (χ1v) is 6.21. The van der Waals surface area contributed by atoms with Crippen LogP contribution in [0.5, 0.6) is 0 Å². The number of hydrogen-bond acceptors (Lipinski definition) is 4. The predicted molar refractivity (Wildman–Crippen MR) is 69.6 cm³/mol. The Morgan fingerprint density at radius 3 is 2.89 bits per heavy atom. The number of amides is 2. The number of esters is 1. The second-order valence-electron chi connectivity index (χ2n) is 4.24. The molecule has 0 bridgehead atoms. The molecule has 2 N–H and O–H groups in total. The molecular formula is C12H17BN2O4. The highest BCUT2D eigenvalue weighted by atomic mass is 16.5. The maximum Gasteiger partial charge on any atom is 0.330 e. The fourth-order valence-corrected chi connectivity index (χ4v) is 1.93. The molecular weight excluding hydrogens is 247 g/mol. The van der Waals surface area contributed by atoms with Gasteiger partial charge in [0.15, 0.2) is 5.81 Å². The molecule has 1 saturated heterocycles. The van der Waals surface area contributed by atoms with Gasteiger partial charge in [-0.3, -0.25) is 9.59 Å². The van der Waals surface area contributed by atoms with Crippen molar-refractivity contribution in [1.82, 2.24) is 10.6 Å². The standard InChI is InChI=1S/C12H17BN2O4/c1-2-19-10(16)4-3-9(15-12(13)18)7-8-5-6-14-11(8)17/h3-4,8-9H,2,5-7H2,1H3,(H,14,17)(H,15,18)/t8-,9+/m0/s1. The minimum Gasteiger partial charge on any atom is -0.463 e. The molecule has 0 spiro atoms. The molecule has 2 radical (unpaired) electrons. The summed E-state index contributed by atoms with van der Waals surface area (Å²) in [5, 5.41) is 5.20. The number of carbonyl (C=O) groups excluding carboxylic acids is 3. The Balaban J connectivity index is 2.58. The van der Waals surface area contributed by atoms with E-state index >= 15 is 0 Å². The second-order valence-corrected chi connectivity index (χ2v) is 4.24. The van der Waals surface area contributed by atoms with Crippen LogP contribution < -0.4 is 10.6 Å². The van der Waals surface area contributed by atoms with Crippen LogP contribution in [-0.4, -0.2) is 44.7 Å². The third-order valence-corrected chi connectivity index (χ3v) is 2.78. The maximum atomic E-state index is 11.5. The van der Waals surface area contributed by atoms with Crippen molar-refractivity contribution >= 4 is 25.5 Å². The van der Waals surface area contributed by atoms with Gasteiger partial charge in [-0.1, -0.05) is 6.08 Å². The molecule has 0 aromatic rings. The molecule has 0 aliphatic carbocycles. The van der Waals surface area contributed by atoms with E-state index < -0.39 is 17.8 Å². The molecule has 2 amide bonds. The lowest BCUT2D eigenvalue weighted by atomic mass is 9.97. The Kier molecular flexibility index (Phi) is 6.11. The molecule has 1 aliphatic rings. The van der Waals surface area contributed by atoms with Crippen molar-refractivity contribution in [3.05, 3.63) is 12.2 Å². The molecule has 1 heterocycles. The second kappa shape index (κ2) is 7.61. The number of hydrogen-bond donors (Lipinski definition) is 2. The molecule has 19 heavy (non-hydrogen) atoms. The minimum absolute atomic E-state index is 0.0409. The lowest BCUT2D eigenvalue weighted by molar-refractivity contribution is -0.137. The van der Waals surface area contributed by atoms with E-state index in [2.05, 4.69) is 10.6 Å². The van der Waals surface area contributed by atoms with Crippen LogP contribution in [0.4, 0.5) is 4.79 Å². The fraction of sp³-hybridized carbons (Fsp3) is 0.583. The van der Waals surface area contributed by atoms with Gasteiger partial charge in [-0.05, 0) is 19.8 Å². The van der Waals surface area contributed by atoms with Crippen molar-refractivity contribution in [3.8, 4) is 0 Å². The molecule has 0 saturated carbocycles. The highest BCUT2D eigenvalue weighted by molar-refractivity contribution is 6.57. The zero-order chi connectivity index (χ0) is 14.3. The monoisotopic (exact) mass is 264 g/mol. The Bertz CT molecular complexity index is 384. The quantitative estimate of drug-likeness (QED) is 0.398. The Morgan fingerprint density at radius 1 is 1.63 bits per heavy atom. The summed E-state index contributed by atoms with van der Waals surface area (Å²) < 4.78 is 4.74. The van der Waals surface area contributed by atoms with Crippen molar-refractivity contribution in [2.75, 3.05) is 13.2 Å². The van der Waals surface area contributed by atoms with E-state index in [1.807, 2.05) is 0 Å². The fourth-order valence-electron chi connectivity index (χ4n) is 1.93. The molecule has 102 valence electrons. The summed E-state index contributed by atoms with van der Waals surface area (Å²) >= 11 is 0. The highest BCUT2D eigenvalue weighted by Crippen LogP contribution is 2.16. The van der Waals surface area contributed by atoms with E-state index in [0.29, 0.717) is 19.4 Å². The summed E-state index contributed by atoms with van der Waals surface area (Å²) in [6.45, 7) is 2.62. The van der Waals surface area contributed by atoms with Crippen molar-refractivity contribution in [1.29, 1.82) is 0 Å². The summed E-state index contributed by atoms with van der Waals surface area (Å²) in [4.78, 5) is 33.6. The SMILES string of the molecule is [B]C(=O)N[C@H](C=CC(=O)OCC)C[C@@H]1CCNC1=O. The van der Waals surface area contributed by atoms with Crippen LogP contribution in [0, 0.1) is 5.92 Å². The summed E-state index contributed by atoms with van der Waals surface area (Å²) in [6, 6.07) is -0.462. The Labute approximate surface area is 113 Å². The van der Waals surface area contributed by atoms with Gasteiger partial charge in [0.2, 0.25) is 13.8 Å². The van der Waals surface area contributed by atoms with Gasteiger partial charge in [0, 0.05) is 24.6 Å². The third-order valence-electron chi connectivity index (χ3n) is 2.78. The molecule has 7 heteroatoms. The van der Waals surface area contributed by atoms with Gasteiger partial charge in [0.1, 0.15) is 0 Å². The van der Waals surface area contributed by atoms with Crippen molar-refractivity contribution in [2.45, 2.75) is 25.8 Å². The summed E-state index contributed by atoms with van der Waals surface area (Å²) in [5.74, 6) is -1.41. The van der Waals surface area contributed by atoms with Crippen LogP contribution in [0.2, 0.25) is 0 Å². The number of ether oxygens (including phenoxy) is 1. The Morgan fingerprint density at radius 2 is 2.37 bits per heavy atom. The molecule has 0 unspecified atom stereocenters. The van der Waals surface area contributed by atoms with E-state index in [4.69, 9.17) is 12.6 Å². The van der Waals surface area contributed by atoms with E-state index in [-0.39, 0.29) is 18.4 Å². The first-order chi connectivity index (χ1) is 9.02. The van der Waals surface area contributed by atoms with Crippen LogP contribution in [-0.2, 0) is 14.3 Å². The molecule has 1 aliphatic heterocycles. The van der Waals surface area contributed by atoms with Crippen molar-refractivity contribution < 1.29 is 19.1 Å². The number of nitrogens with one attached hydrogen (secondary N) is 2. The molecule has 6 nitrogen and oxygen atoms in total. The first kappa shape index (κ1) is 15.3. The maximum absolute atomic E-state index is 11.5. The zero-order valence-electron chi connectivity index (χ0n) is 10.8. The van der Waals surface area contributed by atoms with Gasteiger partial charge >= 0.3 is 5.97 Å². The predicted octanol–water partition coefficient (Wildman–Crippen LogP) is -0.121. The van der Waals surface area contributed by atoms with Crippen LogP contribution in [0.15, 0.2) is 12.2 Å². The molecule has 0 aromatic carbocycles. The van der Waals surface area contributed by atoms with Crippen LogP contribution in [0.25, 0.3) is 0 Å². The minimum atomic E-state index is -0.697. The average Bonchev–Trinajstić information content (AvgIpc) is 2.72. The molecule has 1 fully saturated rings. The summed E-state index contributed by atoms with van der Waals surface area (Å²) in [5.41, 5.74) is 0. The zero-order valence-corrected chi connectivity index (χ0v) is 10.8. The molecule has 1 rings (SSSR count). The van der Waals surface area contributed by atoms with E-state index in [1.54, 1.807) is 6.92 Å². The first-order valence-electron chi connectivity index (χ1n) is 6.21. The van der Waals surface area contributed by atoms with Gasteiger partial charge in [-0.2, -0.15) is 0 Å². The van der Waals surface area contributed by atoms with Gasteiger partial charge in [-0.15, -0.1) is 0 Å². The van der Waals surface area contributed by atoms with E-state index in [9.17, 15) is 14.4 Å².